The molecule has 2 aromatic rings. The summed E-state index contributed by atoms with van der Waals surface area (Å²) in [6.07, 6.45) is 1.70. The summed E-state index contributed by atoms with van der Waals surface area (Å²) in [7, 11) is 0. The van der Waals surface area contributed by atoms with Gasteiger partial charge in [0.2, 0.25) is 5.13 Å². The molecule has 0 saturated carbocycles. The summed E-state index contributed by atoms with van der Waals surface area (Å²) < 4.78 is 0. The Bertz CT molecular complexity index is 569. The standard InChI is InChI=1S/C13H17N5OS/c1-8(2)11-17-18-13(20-11)16-12(19)15-9(3)10-6-4-5-7-14-10/h4-9H,1-3H3,(H2,15,16,18,19)/t9-/m1/s1. The molecule has 0 saturated heterocycles. The third-order valence-electron chi connectivity index (χ3n) is 2.63. The van der Waals surface area contributed by atoms with Crippen LogP contribution in [0.15, 0.2) is 24.4 Å². The maximum absolute atomic E-state index is 11.9. The van der Waals surface area contributed by atoms with Gasteiger partial charge >= 0.3 is 6.03 Å². The van der Waals surface area contributed by atoms with Crippen molar-refractivity contribution in [1.29, 1.82) is 0 Å². The van der Waals surface area contributed by atoms with Gasteiger partial charge in [-0.1, -0.05) is 31.3 Å². The molecule has 0 bridgehead atoms. The average Bonchev–Trinajstić information content (AvgIpc) is 2.88. The summed E-state index contributed by atoms with van der Waals surface area (Å²) >= 11 is 1.38. The molecule has 0 radical (unpaired) electrons. The molecule has 0 unspecified atom stereocenters. The Morgan fingerprint density at radius 3 is 2.65 bits per heavy atom. The number of pyridine rings is 1. The van der Waals surface area contributed by atoms with E-state index in [4.69, 9.17) is 0 Å². The van der Waals surface area contributed by atoms with Gasteiger partial charge < -0.3 is 5.32 Å². The summed E-state index contributed by atoms with van der Waals surface area (Å²) in [6, 6.07) is 5.11. The number of carbonyl (C=O) groups is 1. The SMILES string of the molecule is CC(C)c1nnc(NC(=O)N[C@H](C)c2ccccn2)s1. The molecule has 0 aliphatic carbocycles. The highest BCUT2D eigenvalue weighted by Crippen LogP contribution is 2.22. The first-order valence-electron chi connectivity index (χ1n) is 6.38. The van der Waals surface area contributed by atoms with Gasteiger partial charge in [0.05, 0.1) is 11.7 Å². The Hall–Kier alpha value is -2.02. The van der Waals surface area contributed by atoms with E-state index in [0.717, 1.165) is 10.7 Å². The predicted octanol–water partition coefficient (Wildman–Crippen LogP) is 2.94. The van der Waals surface area contributed by atoms with E-state index < -0.39 is 0 Å². The van der Waals surface area contributed by atoms with Gasteiger partial charge in [0.1, 0.15) is 5.01 Å². The molecule has 0 aliphatic heterocycles. The largest absolute Gasteiger partial charge is 0.330 e. The number of hydrogen-bond acceptors (Lipinski definition) is 5. The molecule has 0 aliphatic rings. The lowest BCUT2D eigenvalue weighted by Crippen LogP contribution is -2.31. The second-order valence-electron chi connectivity index (χ2n) is 4.67. The number of amides is 2. The lowest BCUT2D eigenvalue weighted by atomic mass is 10.2. The van der Waals surface area contributed by atoms with Gasteiger partial charge in [-0.15, -0.1) is 10.2 Å². The van der Waals surface area contributed by atoms with Crippen LogP contribution in [0.5, 0.6) is 0 Å². The number of hydrogen-bond donors (Lipinski definition) is 2. The van der Waals surface area contributed by atoms with Crippen LogP contribution in [0.1, 0.15) is 43.4 Å². The van der Waals surface area contributed by atoms with Gasteiger partial charge in [0, 0.05) is 12.1 Å². The van der Waals surface area contributed by atoms with E-state index in [-0.39, 0.29) is 12.1 Å². The molecule has 2 amide bonds. The zero-order valence-electron chi connectivity index (χ0n) is 11.6. The molecule has 106 valence electrons. The van der Waals surface area contributed by atoms with E-state index in [2.05, 4.69) is 25.8 Å². The van der Waals surface area contributed by atoms with Crippen molar-refractivity contribution >= 4 is 22.5 Å². The Morgan fingerprint density at radius 1 is 1.25 bits per heavy atom. The summed E-state index contributed by atoms with van der Waals surface area (Å²) in [5, 5.41) is 14.9. The minimum atomic E-state index is -0.311. The fourth-order valence-corrected chi connectivity index (χ4v) is 2.30. The number of carbonyl (C=O) groups excluding carboxylic acids is 1. The van der Waals surface area contributed by atoms with E-state index in [0.29, 0.717) is 11.0 Å². The summed E-state index contributed by atoms with van der Waals surface area (Å²) in [4.78, 5) is 16.1. The quantitative estimate of drug-likeness (QED) is 0.907. The Labute approximate surface area is 121 Å². The third kappa shape index (κ3) is 3.74. The minimum absolute atomic E-state index is 0.173. The van der Waals surface area contributed by atoms with Crippen molar-refractivity contribution < 1.29 is 4.79 Å². The average molecular weight is 291 g/mol. The molecular weight excluding hydrogens is 274 g/mol. The summed E-state index contributed by atoms with van der Waals surface area (Å²) in [6.45, 7) is 5.95. The molecule has 6 nitrogen and oxygen atoms in total. The molecule has 1 atom stereocenters. The van der Waals surface area contributed by atoms with Gasteiger partial charge in [-0.3, -0.25) is 10.3 Å². The van der Waals surface area contributed by atoms with E-state index in [1.54, 1.807) is 6.20 Å². The van der Waals surface area contributed by atoms with Gasteiger partial charge in [-0.05, 0) is 19.1 Å². The van der Waals surface area contributed by atoms with Crippen LogP contribution in [0.2, 0.25) is 0 Å². The van der Waals surface area contributed by atoms with E-state index in [1.807, 2.05) is 39.0 Å². The Balaban J connectivity index is 1.92. The van der Waals surface area contributed by atoms with Crippen LogP contribution < -0.4 is 10.6 Å². The van der Waals surface area contributed by atoms with E-state index in [1.165, 1.54) is 11.3 Å². The van der Waals surface area contributed by atoms with Crippen LogP contribution in [0.25, 0.3) is 0 Å². The number of nitrogens with zero attached hydrogens (tertiary/aromatic N) is 3. The van der Waals surface area contributed by atoms with Crippen LogP contribution >= 0.6 is 11.3 Å². The number of nitrogens with one attached hydrogen (secondary N) is 2. The lowest BCUT2D eigenvalue weighted by molar-refractivity contribution is 0.249. The molecule has 2 N–H and O–H groups in total. The van der Waals surface area contributed by atoms with E-state index >= 15 is 0 Å². The van der Waals surface area contributed by atoms with Crippen LogP contribution in [0, 0.1) is 0 Å². The van der Waals surface area contributed by atoms with Gasteiger partial charge in [0.25, 0.3) is 0 Å². The first kappa shape index (κ1) is 14.4. The number of aromatic nitrogens is 3. The van der Waals surface area contributed by atoms with Crippen molar-refractivity contribution in [1.82, 2.24) is 20.5 Å². The highest BCUT2D eigenvalue weighted by atomic mass is 32.1. The zero-order valence-corrected chi connectivity index (χ0v) is 12.4. The van der Waals surface area contributed by atoms with Gasteiger partial charge in [0.15, 0.2) is 0 Å². The summed E-state index contributed by atoms with van der Waals surface area (Å²) in [5.41, 5.74) is 0.808. The Kier molecular flexibility index (Phi) is 4.62. The molecule has 0 aromatic carbocycles. The minimum Gasteiger partial charge on any atom is -0.330 e. The van der Waals surface area contributed by atoms with Crippen LogP contribution in [0.3, 0.4) is 0 Å². The first-order chi connectivity index (χ1) is 9.56. The third-order valence-corrected chi connectivity index (χ3v) is 3.77. The van der Waals surface area contributed by atoms with Crippen molar-refractivity contribution in [3.63, 3.8) is 0 Å². The smallest absolute Gasteiger partial charge is 0.321 e. The fraction of sp³-hybridized carbons (Fsp3) is 0.385. The zero-order chi connectivity index (χ0) is 14.5. The molecule has 2 rings (SSSR count). The molecule has 7 heteroatoms. The number of rotatable bonds is 4. The van der Waals surface area contributed by atoms with Crippen molar-refractivity contribution in [3.8, 4) is 0 Å². The molecule has 2 heterocycles. The highest BCUT2D eigenvalue weighted by Gasteiger charge is 2.13. The maximum Gasteiger partial charge on any atom is 0.321 e. The van der Waals surface area contributed by atoms with Gasteiger partial charge in [-0.2, -0.15) is 0 Å². The monoisotopic (exact) mass is 291 g/mol. The van der Waals surface area contributed by atoms with Crippen molar-refractivity contribution in [3.05, 3.63) is 35.1 Å². The lowest BCUT2D eigenvalue weighted by Gasteiger charge is -2.12. The molecule has 2 aromatic heterocycles. The second kappa shape index (κ2) is 6.42. The van der Waals surface area contributed by atoms with Crippen LogP contribution in [-0.4, -0.2) is 21.2 Å². The van der Waals surface area contributed by atoms with Crippen LogP contribution in [-0.2, 0) is 0 Å². The first-order valence-corrected chi connectivity index (χ1v) is 7.19. The normalized spacial score (nSPS) is 12.2. The van der Waals surface area contributed by atoms with Crippen molar-refractivity contribution in [2.24, 2.45) is 0 Å². The molecule has 20 heavy (non-hydrogen) atoms. The van der Waals surface area contributed by atoms with Gasteiger partial charge in [-0.25, -0.2) is 4.79 Å². The summed E-state index contributed by atoms with van der Waals surface area (Å²) in [5.74, 6) is 0.304. The number of anilines is 1. The molecule has 0 spiro atoms. The molecular formula is C13H17N5OS. The predicted molar refractivity (Wildman–Crippen MR) is 78.8 cm³/mol. The molecule has 0 fully saturated rings. The van der Waals surface area contributed by atoms with E-state index in [9.17, 15) is 4.79 Å². The maximum atomic E-state index is 11.9. The topological polar surface area (TPSA) is 79.8 Å². The Morgan fingerprint density at radius 2 is 2.05 bits per heavy atom. The van der Waals surface area contributed by atoms with Crippen molar-refractivity contribution in [2.75, 3.05) is 5.32 Å². The van der Waals surface area contributed by atoms with Crippen molar-refractivity contribution in [2.45, 2.75) is 32.7 Å². The van der Waals surface area contributed by atoms with Crippen LogP contribution in [0.4, 0.5) is 9.93 Å². The fourth-order valence-electron chi connectivity index (χ4n) is 1.55. The second-order valence-corrected chi connectivity index (χ2v) is 5.68. The highest BCUT2D eigenvalue weighted by molar-refractivity contribution is 7.15. The number of urea groups is 1.